The van der Waals surface area contributed by atoms with Gasteiger partial charge in [-0.05, 0) is 37.1 Å². The van der Waals surface area contributed by atoms with Crippen LogP contribution in [0.25, 0.3) is 0 Å². The van der Waals surface area contributed by atoms with E-state index in [2.05, 4.69) is 88.3 Å². The molecule has 4 aromatic rings. The van der Waals surface area contributed by atoms with Gasteiger partial charge in [-0.15, -0.1) is 0 Å². The number of rotatable bonds is 20. The van der Waals surface area contributed by atoms with Crippen molar-refractivity contribution in [3.8, 4) is 5.75 Å². The number of Topliss-reactive ketones (excluding diaryl/α,β-unsaturated/α-hetero) is 1. The third-order valence-electron chi connectivity index (χ3n) is 9.21. The molecule has 45 heavy (non-hydrogen) atoms. The van der Waals surface area contributed by atoms with Gasteiger partial charge in [-0.25, -0.2) is 0 Å². The topological polar surface area (TPSA) is 50.2 Å². The fourth-order valence-corrected chi connectivity index (χ4v) is 14.1. The normalized spacial score (nSPS) is 12.4. The molecule has 0 aliphatic rings. The van der Waals surface area contributed by atoms with Crippen LogP contribution >= 0.6 is 20.8 Å². The summed E-state index contributed by atoms with van der Waals surface area (Å²) in [5.41, 5.74) is 2.78. The van der Waals surface area contributed by atoms with Crippen molar-refractivity contribution in [2.24, 2.45) is 0 Å². The number of aryl methyl sites for hydroxylation is 1. The molecule has 3 nitrogen and oxygen atoms in total. The van der Waals surface area contributed by atoms with Crippen LogP contribution in [0.3, 0.4) is 0 Å². The molecule has 0 radical (unpaired) electrons. The number of halogens is 1. The van der Waals surface area contributed by atoms with Crippen LogP contribution in [0.2, 0.25) is 0 Å². The molecule has 240 valence electrons. The summed E-state index contributed by atoms with van der Waals surface area (Å²) in [7, 11) is 0. The molecule has 5 heteroatoms. The van der Waals surface area contributed by atoms with E-state index >= 15 is 0 Å². The summed E-state index contributed by atoms with van der Waals surface area (Å²) in [6.45, 7) is 1.89. The van der Waals surface area contributed by atoms with Crippen LogP contribution in [0.5, 0.6) is 5.75 Å². The Kier molecular flexibility index (Phi) is 13.8. The van der Waals surface area contributed by atoms with E-state index in [-0.39, 0.29) is 11.5 Å². The van der Waals surface area contributed by atoms with Gasteiger partial charge >= 0.3 is 204 Å². The standard InChI is InChI=1S/C40H51BrNO2P/c1-34-33-35(43)29-30-38(34)39(44)27-19-11-9-7-5-3-2-4-6-8-10-12-22-32-45(41,36-23-15-13-16-24-36,37-25-17-14-18-26-37)40-28-20-21-31-42-40/h13-18,20-21,23-26,28-31,33,43H,2-12,19,22,27,32H2,1H3. The van der Waals surface area contributed by atoms with E-state index in [1.807, 2.05) is 19.2 Å². The van der Waals surface area contributed by atoms with Gasteiger partial charge in [0.1, 0.15) is 5.75 Å². The van der Waals surface area contributed by atoms with Gasteiger partial charge in [0.25, 0.3) is 0 Å². The van der Waals surface area contributed by atoms with Crippen molar-refractivity contribution < 1.29 is 9.90 Å². The molecule has 0 fully saturated rings. The molecule has 0 saturated heterocycles. The Morgan fingerprint density at radius 3 is 1.62 bits per heavy atom. The Labute approximate surface area is 279 Å². The third-order valence-corrected chi connectivity index (χ3v) is 18.9. The van der Waals surface area contributed by atoms with Gasteiger partial charge in [0.2, 0.25) is 0 Å². The Morgan fingerprint density at radius 1 is 0.644 bits per heavy atom. The monoisotopic (exact) mass is 687 g/mol. The van der Waals surface area contributed by atoms with E-state index in [1.165, 1.54) is 86.7 Å². The van der Waals surface area contributed by atoms with Crippen molar-refractivity contribution in [2.45, 2.75) is 96.8 Å². The number of carbonyl (C=O) groups excluding carboxylic acids is 1. The first-order chi connectivity index (χ1) is 21.9. The number of phenols is 1. The second kappa shape index (κ2) is 17.8. The quantitative estimate of drug-likeness (QED) is 0.0571. The number of ketones is 1. The van der Waals surface area contributed by atoms with Crippen molar-refractivity contribution in [3.05, 3.63) is 114 Å². The molecule has 0 bridgehead atoms. The Balaban J connectivity index is 1.12. The number of hydrogen-bond donors (Lipinski definition) is 1. The van der Waals surface area contributed by atoms with Crippen LogP contribution in [0, 0.1) is 6.92 Å². The SMILES string of the molecule is Cc1cc(O)ccc1C(=O)CCCCCCCCCCCCCCCP(Br)(c1ccccc1)(c1ccccc1)c1ccccn1. The van der Waals surface area contributed by atoms with E-state index in [0.717, 1.165) is 30.1 Å². The summed E-state index contributed by atoms with van der Waals surface area (Å²) in [6.07, 6.45) is 19.8. The molecular formula is C40H51BrNO2P. The number of aromatic nitrogens is 1. The van der Waals surface area contributed by atoms with Crippen LogP contribution in [0.1, 0.15) is 106 Å². The number of nitrogens with zero attached hydrogens (tertiary/aromatic N) is 1. The molecule has 3 aromatic carbocycles. The van der Waals surface area contributed by atoms with Crippen molar-refractivity contribution >= 4 is 42.6 Å². The number of aromatic hydroxyl groups is 1. The maximum absolute atomic E-state index is 12.4. The molecule has 0 saturated carbocycles. The summed E-state index contributed by atoms with van der Waals surface area (Å²) in [6, 6.07) is 33.4. The minimum absolute atomic E-state index is 0.195. The predicted octanol–water partition coefficient (Wildman–Crippen LogP) is 10.6. The fraction of sp³-hybridized carbons (Fsp3) is 0.400. The van der Waals surface area contributed by atoms with Crippen molar-refractivity contribution in [1.82, 2.24) is 4.98 Å². The first kappa shape index (κ1) is 35.1. The number of carbonyl (C=O) groups is 1. The summed E-state index contributed by atoms with van der Waals surface area (Å²) < 4.78 is 0. The van der Waals surface area contributed by atoms with Crippen LogP contribution in [0.15, 0.2) is 103 Å². The second-order valence-electron chi connectivity index (χ2n) is 12.5. The molecular weight excluding hydrogens is 637 g/mol. The van der Waals surface area contributed by atoms with Gasteiger partial charge in [0.15, 0.2) is 5.78 Å². The minimum atomic E-state index is -2.89. The van der Waals surface area contributed by atoms with E-state index in [0.29, 0.717) is 6.42 Å². The van der Waals surface area contributed by atoms with E-state index < -0.39 is 5.31 Å². The van der Waals surface area contributed by atoms with Crippen LogP contribution in [-0.4, -0.2) is 22.0 Å². The molecule has 0 atom stereocenters. The van der Waals surface area contributed by atoms with Gasteiger partial charge in [-0.3, -0.25) is 4.79 Å². The molecule has 0 aliphatic heterocycles. The Hall–Kier alpha value is -2.81. The molecule has 0 aliphatic carbocycles. The molecule has 1 N–H and O–H groups in total. The third kappa shape index (κ3) is 9.36. The van der Waals surface area contributed by atoms with Crippen molar-refractivity contribution in [1.29, 1.82) is 0 Å². The summed E-state index contributed by atoms with van der Waals surface area (Å²) in [5.74, 6) is 0.418. The zero-order chi connectivity index (χ0) is 31.8. The number of hydrogen-bond acceptors (Lipinski definition) is 3. The van der Waals surface area contributed by atoms with E-state index in [9.17, 15) is 9.90 Å². The summed E-state index contributed by atoms with van der Waals surface area (Å²) in [4.78, 5) is 17.4. The van der Waals surface area contributed by atoms with Gasteiger partial charge in [-0.2, -0.15) is 0 Å². The Morgan fingerprint density at radius 2 is 1.13 bits per heavy atom. The van der Waals surface area contributed by atoms with Crippen molar-refractivity contribution in [2.75, 3.05) is 6.16 Å². The maximum atomic E-state index is 12.4. The van der Waals surface area contributed by atoms with Gasteiger partial charge in [0, 0.05) is 12.0 Å². The average molecular weight is 689 g/mol. The molecule has 4 rings (SSSR count). The van der Waals surface area contributed by atoms with E-state index in [4.69, 9.17) is 4.98 Å². The second-order valence-corrected chi connectivity index (χ2v) is 21.5. The number of benzene rings is 3. The molecule has 0 unspecified atom stereocenters. The first-order valence-corrected chi connectivity index (χ1v) is 21.5. The van der Waals surface area contributed by atoms with Crippen LogP contribution in [-0.2, 0) is 0 Å². The van der Waals surface area contributed by atoms with Crippen LogP contribution < -0.4 is 16.0 Å². The number of unbranched alkanes of at least 4 members (excludes halogenated alkanes) is 12. The average Bonchev–Trinajstić information content (AvgIpc) is 3.07. The fourth-order valence-electron chi connectivity index (χ4n) is 6.63. The number of pyridine rings is 1. The zero-order valence-electron chi connectivity index (χ0n) is 27.0. The Bertz CT molecular complexity index is 1350. The number of phenolic OH excluding ortho intramolecular Hbond substituents is 1. The first-order valence-electron chi connectivity index (χ1n) is 17.0. The molecule has 1 aromatic heterocycles. The van der Waals surface area contributed by atoms with Crippen molar-refractivity contribution in [3.63, 3.8) is 0 Å². The van der Waals surface area contributed by atoms with Crippen LogP contribution in [0.4, 0.5) is 0 Å². The summed E-state index contributed by atoms with van der Waals surface area (Å²) in [5, 5.41) is 9.36. The van der Waals surface area contributed by atoms with E-state index in [1.54, 1.807) is 18.2 Å². The zero-order valence-corrected chi connectivity index (χ0v) is 29.5. The molecule has 0 amide bonds. The predicted molar refractivity (Wildman–Crippen MR) is 199 cm³/mol. The van der Waals surface area contributed by atoms with Gasteiger partial charge in [-0.1, -0.05) is 6.42 Å². The van der Waals surface area contributed by atoms with Gasteiger partial charge < -0.3 is 5.11 Å². The summed E-state index contributed by atoms with van der Waals surface area (Å²) >= 11 is 4.52. The molecule has 1 heterocycles. The van der Waals surface area contributed by atoms with Gasteiger partial charge in [0.05, 0.1) is 0 Å². The molecule has 0 spiro atoms.